The van der Waals surface area contributed by atoms with Crippen LogP contribution in [-0.4, -0.2) is 11.1 Å². The Bertz CT molecular complexity index is 633. The van der Waals surface area contributed by atoms with Gasteiger partial charge >= 0.3 is 5.97 Å². The van der Waals surface area contributed by atoms with Gasteiger partial charge < -0.3 is 10.4 Å². The van der Waals surface area contributed by atoms with E-state index in [1.54, 1.807) is 12.1 Å². The van der Waals surface area contributed by atoms with Crippen LogP contribution in [0.2, 0.25) is 0 Å². The number of hydrogen-bond donors (Lipinski definition) is 2. The number of carboxylic acids is 1. The zero-order chi connectivity index (χ0) is 14.7. The van der Waals surface area contributed by atoms with Crippen LogP contribution in [0.4, 0.5) is 11.4 Å². The van der Waals surface area contributed by atoms with Crippen LogP contribution in [0.5, 0.6) is 0 Å². The number of hydrogen-bond acceptors (Lipinski definition) is 2. The minimum atomic E-state index is -0.901. The Balaban J connectivity index is 2.33. The Morgan fingerprint density at radius 2 is 1.80 bits per heavy atom. The SMILES string of the molecule is Cc1cc(C(=O)O)ccc1Nc1ccccc1C(C)C. The minimum Gasteiger partial charge on any atom is -0.478 e. The van der Waals surface area contributed by atoms with Gasteiger partial charge in [-0.15, -0.1) is 0 Å². The van der Waals surface area contributed by atoms with Crippen LogP contribution in [-0.2, 0) is 0 Å². The van der Waals surface area contributed by atoms with Gasteiger partial charge in [0.15, 0.2) is 0 Å². The van der Waals surface area contributed by atoms with Gasteiger partial charge in [0.1, 0.15) is 0 Å². The highest BCUT2D eigenvalue weighted by molar-refractivity contribution is 5.88. The Labute approximate surface area is 119 Å². The zero-order valence-corrected chi connectivity index (χ0v) is 12.0. The molecule has 3 nitrogen and oxygen atoms in total. The van der Waals surface area contributed by atoms with E-state index in [-0.39, 0.29) is 0 Å². The molecule has 20 heavy (non-hydrogen) atoms. The van der Waals surface area contributed by atoms with Gasteiger partial charge in [0.05, 0.1) is 5.56 Å². The fourth-order valence-electron chi connectivity index (χ4n) is 2.20. The average Bonchev–Trinajstić information content (AvgIpc) is 2.41. The lowest BCUT2D eigenvalue weighted by Gasteiger charge is -2.16. The lowest BCUT2D eigenvalue weighted by Crippen LogP contribution is -2.01. The quantitative estimate of drug-likeness (QED) is 0.855. The normalized spacial score (nSPS) is 10.6. The van der Waals surface area contributed by atoms with Gasteiger partial charge in [0.25, 0.3) is 0 Å². The van der Waals surface area contributed by atoms with Crippen molar-refractivity contribution in [2.75, 3.05) is 5.32 Å². The highest BCUT2D eigenvalue weighted by Crippen LogP contribution is 2.28. The van der Waals surface area contributed by atoms with Gasteiger partial charge in [0, 0.05) is 11.4 Å². The summed E-state index contributed by atoms with van der Waals surface area (Å²) in [6.07, 6.45) is 0. The van der Waals surface area contributed by atoms with E-state index in [0.29, 0.717) is 11.5 Å². The van der Waals surface area contributed by atoms with E-state index >= 15 is 0 Å². The van der Waals surface area contributed by atoms with Crippen molar-refractivity contribution in [2.45, 2.75) is 26.7 Å². The number of carbonyl (C=O) groups is 1. The van der Waals surface area contributed by atoms with Crippen molar-refractivity contribution in [1.29, 1.82) is 0 Å². The second kappa shape index (κ2) is 5.78. The Morgan fingerprint density at radius 1 is 1.10 bits per heavy atom. The maximum absolute atomic E-state index is 10.9. The molecular weight excluding hydrogens is 250 g/mol. The van der Waals surface area contributed by atoms with Crippen molar-refractivity contribution >= 4 is 17.3 Å². The number of benzene rings is 2. The van der Waals surface area contributed by atoms with Crippen LogP contribution in [0.3, 0.4) is 0 Å². The highest BCUT2D eigenvalue weighted by atomic mass is 16.4. The molecule has 0 unspecified atom stereocenters. The number of para-hydroxylation sites is 1. The third-order valence-electron chi connectivity index (χ3n) is 3.33. The molecule has 0 fully saturated rings. The molecule has 0 bridgehead atoms. The number of anilines is 2. The number of aromatic carboxylic acids is 1. The van der Waals surface area contributed by atoms with Crippen LogP contribution in [0, 0.1) is 6.92 Å². The average molecular weight is 269 g/mol. The number of nitrogens with one attached hydrogen (secondary N) is 1. The van der Waals surface area contributed by atoms with E-state index in [2.05, 4.69) is 25.2 Å². The summed E-state index contributed by atoms with van der Waals surface area (Å²) < 4.78 is 0. The molecule has 2 N–H and O–H groups in total. The van der Waals surface area contributed by atoms with E-state index in [9.17, 15) is 4.79 Å². The topological polar surface area (TPSA) is 49.3 Å². The van der Waals surface area contributed by atoms with Gasteiger partial charge in [-0.05, 0) is 48.2 Å². The highest BCUT2D eigenvalue weighted by Gasteiger charge is 2.09. The van der Waals surface area contributed by atoms with Gasteiger partial charge in [-0.3, -0.25) is 0 Å². The van der Waals surface area contributed by atoms with Crippen molar-refractivity contribution in [3.8, 4) is 0 Å². The van der Waals surface area contributed by atoms with E-state index in [1.165, 1.54) is 5.56 Å². The first kappa shape index (κ1) is 14.1. The van der Waals surface area contributed by atoms with Crippen molar-refractivity contribution in [2.24, 2.45) is 0 Å². The smallest absolute Gasteiger partial charge is 0.335 e. The summed E-state index contributed by atoms with van der Waals surface area (Å²) in [7, 11) is 0. The molecule has 0 aliphatic heterocycles. The fourth-order valence-corrected chi connectivity index (χ4v) is 2.20. The van der Waals surface area contributed by atoms with Crippen molar-refractivity contribution in [3.63, 3.8) is 0 Å². The maximum atomic E-state index is 10.9. The summed E-state index contributed by atoms with van der Waals surface area (Å²) in [4.78, 5) is 10.9. The Kier molecular flexibility index (Phi) is 4.08. The van der Waals surface area contributed by atoms with Crippen molar-refractivity contribution in [3.05, 3.63) is 59.2 Å². The monoisotopic (exact) mass is 269 g/mol. The van der Waals surface area contributed by atoms with Gasteiger partial charge in [-0.25, -0.2) is 4.79 Å². The summed E-state index contributed by atoms with van der Waals surface area (Å²) in [5.41, 5.74) is 4.47. The third kappa shape index (κ3) is 2.99. The fraction of sp³-hybridized carbons (Fsp3) is 0.235. The van der Waals surface area contributed by atoms with Gasteiger partial charge in [-0.1, -0.05) is 32.0 Å². The third-order valence-corrected chi connectivity index (χ3v) is 3.33. The van der Waals surface area contributed by atoms with Crippen LogP contribution in [0.1, 0.15) is 41.3 Å². The molecule has 0 amide bonds. The summed E-state index contributed by atoms with van der Waals surface area (Å²) in [5, 5.41) is 12.4. The van der Waals surface area contributed by atoms with E-state index in [4.69, 9.17) is 5.11 Å². The first-order valence-electron chi connectivity index (χ1n) is 6.69. The minimum absolute atomic E-state index is 0.310. The molecule has 0 saturated heterocycles. The van der Waals surface area contributed by atoms with Crippen LogP contribution in [0.25, 0.3) is 0 Å². The molecule has 2 aromatic carbocycles. The molecule has 0 atom stereocenters. The van der Waals surface area contributed by atoms with Crippen molar-refractivity contribution in [1.82, 2.24) is 0 Å². The Hall–Kier alpha value is -2.29. The zero-order valence-electron chi connectivity index (χ0n) is 12.0. The molecule has 0 saturated carbocycles. The lowest BCUT2D eigenvalue weighted by atomic mass is 10.0. The van der Waals surface area contributed by atoms with E-state index < -0.39 is 5.97 Å². The number of rotatable bonds is 4. The first-order valence-corrected chi connectivity index (χ1v) is 6.69. The second-order valence-corrected chi connectivity index (χ2v) is 5.20. The van der Waals surface area contributed by atoms with Crippen LogP contribution in [0.15, 0.2) is 42.5 Å². The number of carboxylic acid groups (broad SMARTS) is 1. The predicted molar refractivity (Wildman–Crippen MR) is 82.0 cm³/mol. The van der Waals surface area contributed by atoms with Crippen molar-refractivity contribution < 1.29 is 9.90 Å². The predicted octanol–water partition coefficient (Wildman–Crippen LogP) is 4.56. The standard InChI is InChI=1S/C17H19NO2/c1-11(2)14-6-4-5-7-16(14)18-15-9-8-13(17(19)20)10-12(15)3/h4-11,18H,1-3H3,(H,19,20). The largest absolute Gasteiger partial charge is 0.478 e. The van der Waals surface area contributed by atoms with E-state index in [0.717, 1.165) is 16.9 Å². The molecule has 0 heterocycles. The van der Waals surface area contributed by atoms with Crippen LogP contribution >= 0.6 is 0 Å². The lowest BCUT2D eigenvalue weighted by molar-refractivity contribution is 0.0697. The second-order valence-electron chi connectivity index (χ2n) is 5.20. The first-order chi connectivity index (χ1) is 9.49. The summed E-state index contributed by atoms with van der Waals surface area (Å²) in [5.74, 6) is -0.473. The molecular formula is C17H19NO2. The molecule has 0 spiro atoms. The summed E-state index contributed by atoms with van der Waals surface area (Å²) >= 11 is 0. The van der Waals surface area contributed by atoms with Gasteiger partial charge in [0.2, 0.25) is 0 Å². The molecule has 0 aromatic heterocycles. The molecule has 0 aliphatic rings. The maximum Gasteiger partial charge on any atom is 0.335 e. The molecule has 0 radical (unpaired) electrons. The number of aryl methyl sites for hydroxylation is 1. The summed E-state index contributed by atoms with van der Waals surface area (Å²) in [6, 6.07) is 13.3. The molecule has 2 rings (SSSR count). The van der Waals surface area contributed by atoms with Crippen LogP contribution < -0.4 is 5.32 Å². The molecule has 104 valence electrons. The van der Waals surface area contributed by atoms with Gasteiger partial charge in [-0.2, -0.15) is 0 Å². The van der Waals surface area contributed by atoms with E-state index in [1.807, 2.05) is 31.2 Å². The molecule has 3 heteroatoms. The molecule has 2 aromatic rings. The molecule has 0 aliphatic carbocycles. The summed E-state index contributed by atoms with van der Waals surface area (Å²) in [6.45, 7) is 6.22. The Morgan fingerprint density at radius 3 is 2.40 bits per heavy atom.